The molecule has 1 aliphatic rings. The van der Waals surface area contributed by atoms with Crippen LogP contribution in [-0.2, 0) is 15.0 Å². The Kier molecular flexibility index (Phi) is 3.57. The van der Waals surface area contributed by atoms with E-state index in [2.05, 4.69) is 5.32 Å². The van der Waals surface area contributed by atoms with Crippen molar-refractivity contribution in [3.8, 4) is 0 Å². The van der Waals surface area contributed by atoms with Crippen LogP contribution in [0.2, 0.25) is 0 Å². The van der Waals surface area contributed by atoms with Gasteiger partial charge < -0.3 is 10.0 Å². The van der Waals surface area contributed by atoms with Crippen molar-refractivity contribution in [2.24, 2.45) is 0 Å². The predicted octanol–water partition coefficient (Wildman–Crippen LogP) is 0.419. The number of aliphatic hydroxyl groups is 1. The number of carbonyl (C=O) groups is 2. The lowest BCUT2D eigenvalue weighted by Gasteiger charge is -2.28. The zero-order chi connectivity index (χ0) is 14.0. The first kappa shape index (κ1) is 13.5. The van der Waals surface area contributed by atoms with Crippen LogP contribution >= 0.6 is 0 Å². The van der Waals surface area contributed by atoms with Gasteiger partial charge in [0.25, 0.3) is 0 Å². The van der Waals surface area contributed by atoms with Crippen LogP contribution in [0.1, 0.15) is 19.4 Å². The maximum atomic E-state index is 11.3. The van der Waals surface area contributed by atoms with E-state index < -0.39 is 0 Å². The summed E-state index contributed by atoms with van der Waals surface area (Å²) in [6.07, 6.45) is 0. The third-order valence-corrected chi connectivity index (χ3v) is 3.36. The van der Waals surface area contributed by atoms with Crippen LogP contribution in [0.4, 0.5) is 5.69 Å². The van der Waals surface area contributed by atoms with Crippen molar-refractivity contribution in [3.63, 3.8) is 0 Å². The van der Waals surface area contributed by atoms with Gasteiger partial charge in [-0.2, -0.15) is 0 Å². The lowest BCUT2D eigenvalue weighted by atomic mass is 9.85. The molecule has 0 aromatic heterocycles. The molecule has 0 bridgehead atoms. The van der Waals surface area contributed by atoms with Gasteiger partial charge in [0.1, 0.15) is 0 Å². The molecule has 19 heavy (non-hydrogen) atoms. The fourth-order valence-corrected chi connectivity index (χ4v) is 2.03. The molecule has 1 aliphatic heterocycles. The van der Waals surface area contributed by atoms with Crippen molar-refractivity contribution in [2.45, 2.75) is 19.3 Å². The lowest BCUT2D eigenvalue weighted by Crippen LogP contribution is -2.51. The summed E-state index contributed by atoms with van der Waals surface area (Å²) < 4.78 is 0. The lowest BCUT2D eigenvalue weighted by molar-refractivity contribution is -0.130. The number of rotatable bonds is 3. The molecule has 1 aromatic carbocycles. The molecule has 5 heteroatoms. The van der Waals surface area contributed by atoms with Crippen LogP contribution in [0.25, 0.3) is 0 Å². The van der Waals surface area contributed by atoms with Crippen LogP contribution in [0.3, 0.4) is 0 Å². The summed E-state index contributed by atoms with van der Waals surface area (Å²) >= 11 is 0. The van der Waals surface area contributed by atoms with Crippen molar-refractivity contribution in [1.82, 2.24) is 5.32 Å². The number of hydrogen-bond donors (Lipinski definition) is 2. The zero-order valence-corrected chi connectivity index (χ0v) is 11.1. The minimum Gasteiger partial charge on any atom is -0.395 e. The Labute approximate surface area is 112 Å². The quantitative estimate of drug-likeness (QED) is 0.775. The van der Waals surface area contributed by atoms with Gasteiger partial charge in [-0.15, -0.1) is 0 Å². The highest BCUT2D eigenvalue weighted by Crippen LogP contribution is 2.25. The maximum absolute atomic E-state index is 11.3. The second-order valence-electron chi connectivity index (χ2n) is 5.42. The monoisotopic (exact) mass is 262 g/mol. The maximum Gasteiger partial charge on any atom is 0.246 e. The van der Waals surface area contributed by atoms with Gasteiger partial charge in [0.15, 0.2) is 0 Å². The molecule has 102 valence electrons. The number of hydrogen-bond acceptors (Lipinski definition) is 4. The standard InChI is InChI=1S/C14H18N2O3/c1-14(2,9-17)10-3-5-11(6-4-10)16-7-12(18)15-13(19)8-16/h3-6,17H,7-9H2,1-2H3,(H,15,18,19). The van der Waals surface area contributed by atoms with Gasteiger partial charge >= 0.3 is 0 Å². The predicted molar refractivity (Wildman–Crippen MR) is 71.9 cm³/mol. The number of imide groups is 1. The summed E-state index contributed by atoms with van der Waals surface area (Å²) in [5.41, 5.74) is 1.56. The molecule has 2 amide bonds. The SMILES string of the molecule is CC(C)(CO)c1ccc(N2CC(=O)NC(=O)C2)cc1. The number of nitrogens with zero attached hydrogens (tertiary/aromatic N) is 1. The smallest absolute Gasteiger partial charge is 0.246 e. The van der Waals surface area contributed by atoms with Gasteiger partial charge in [0.2, 0.25) is 11.8 Å². The third kappa shape index (κ3) is 2.93. The Bertz CT molecular complexity index is 478. The minimum absolute atomic E-state index is 0.0664. The van der Waals surface area contributed by atoms with Gasteiger partial charge in [-0.3, -0.25) is 14.9 Å². The summed E-state index contributed by atoms with van der Waals surface area (Å²) in [6, 6.07) is 7.59. The summed E-state index contributed by atoms with van der Waals surface area (Å²) in [5, 5.41) is 11.6. The highest BCUT2D eigenvalue weighted by atomic mass is 16.3. The molecule has 0 atom stereocenters. The highest BCUT2D eigenvalue weighted by Gasteiger charge is 2.23. The average molecular weight is 262 g/mol. The van der Waals surface area contributed by atoms with Crippen LogP contribution in [0.15, 0.2) is 24.3 Å². The van der Waals surface area contributed by atoms with Gasteiger partial charge in [-0.1, -0.05) is 26.0 Å². The Morgan fingerprint density at radius 2 is 1.68 bits per heavy atom. The Morgan fingerprint density at radius 1 is 1.16 bits per heavy atom. The van der Waals surface area contributed by atoms with E-state index in [9.17, 15) is 14.7 Å². The molecule has 2 N–H and O–H groups in total. The molecule has 1 aromatic rings. The summed E-state index contributed by atoms with van der Waals surface area (Å²) in [7, 11) is 0. The Balaban J connectivity index is 2.18. The van der Waals surface area contributed by atoms with E-state index in [0.29, 0.717) is 0 Å². The van der Waals surface area contributed by atoms with E-state index in [-0.39, 0.29) is 36.9 Å². The van der Waals surface area contributed by atoms with Gasteiger partial charge in [-0.05, 0) is 17.7 Å². The van der Waals surface area contributed by atoms with Gasteiger partial charge in [-0.25, -0.2) is 0 Å². The number of piperazine rings is 1. The largest absolute Gasteiger partial charge is 0.395 e. The van der Waals surface area contributed by atoms with E-state index in [4.69, 9.17) is 0 Å². The van der Waals surface area contributed by atoms with E-state index in [1.165, 1.54) is 0 Å². The van der Waals surface area contributed by atoms with Crippen molar-refractivity contribution in [3.05, 3.63) is 29.8 Å². The Hall–Kier alpha value is -1.88. The average Bonchev–Trinajstić information content (AvgIpc) is 2.38. The molecule has 5 nitrogen and oxygen atoms in total. The topological polar surface area (TPSA) is 69.6 Å². The van der Waals surface area contributed by atoms with Crippen molar-refractivity contribution in [1.29, 1.82) is 0 Å². The molecule has 0 spiro atoms. The van der Waals surface area contributed by atoms with Crippen LogP contribution < -0.4 is 10.2 Å². The van der Waals surface area contributed by atoms with E-state index in [1.807, 2.05) is 38.1 Å². The van der Waals surface area contributed by atoms with Gasteiger partial charge in [0.05, 0.1) is 19.7 Å². The number of aliphatic hydroxyl groups excluding tert-OH is 1. The third-order valence-electron chi connectivity index (χ3n) is 3.36. The molecule has 0 unspecified atom stereocenters. The number of anilines is 1. The number of amides is 2. The summed E-state index contributed by atoms with van der Waals surface area (Å²) in [5.74, 6) is -0.563. The molecular formula is C14H18N2O3. The van der Waals surface area contributed by atoms with E-state index in [1.54, 1.807) is 4.90 Å². The molecule has 0 radical (unpaired) electrons. The van der Waals surface area contributed by atoms with E-state index >= 15 is 0 Å². The normalized spacial score (nSPS) is 16.5. The second kappa shape index (κ2) is 5.01. The molecule has 1 fully saturated rings. The summed E-state index contributed by atoms with van der Waals surface area (Å²) in [4.78, 5) is 24.4. The number of nitrogens with one attached hydrogen (secondary N) is 1. The van der Waals surface area contributed by atoms with Gasteiger partial charge in [0, 0.05) is 11.1 Å². The van der Waals surface area contributed by atoms with Crippen molar-refractivity contribution in [2.75, 3.05) is 24.6 Å². The summed E-state index contributed by atoms with van der Waals surface area (Å²) in [6.45, 7) is 4.36. The molecule has 1 saturated heterocycles. The first-order valence-electron chi connectivity index (χ1n) is 6.21. The number of carbonyl (C=O) groups excluding carboxylic acids is 2. The molecule has 0 aliphatic carbocycles. The van der Waals surface area contributed by atoms with Crippen LogP contribution in [0, 0.1) is 0 Å². The van der Waals surface area contributed by atoms with Crippen molar-refractivity contribution < 1.29 is 14.7 Å². The van der Waals surface area contributed by atoms with Crippen LogP contribution in [-0.4, -0.2) is 36.6 Å². The molecule has 0 saturated carbocycles. The zero-order valence-electron chi connectivity index (χ0n) is 11.1. The first-order valence-corrected chi connectivity index (χ1v) is 6.21. The van der Waals surface area contributed by atoms with Crippen LogP contribution in [0.5, 0.6) is 0 Å². The fourth-order valence-electron chi connectivity index (χ4n) is 2.03. The van der Waals surface area contributed by atoms with Crippen molar-refractivity contribution >= 4 is 17.5 Å². The molecule has 2 rings (SSSR count). The second-order valence-corrected chi connectivity index (χ2v) is 5.42. The highest BCUT2D eigenvalue weighted by molar-refractivity contribution is 6.02. The molecule has 1 heterocycles. The van der Waals surface area contributed by atoms with E-state index in [0.717, 1.165) is 11.3 Å². The minimum atomic E-state index is -0.298. The first-order chi connectivity index (χ1) is 8.92. The Morgan fingerprint density at radius 3 is 2.16 bits per heavy atom. The fraction of sp³-hybridized carbons (Fsp3) is 0.429. The number of benzene rings is 1. The molecular weight excluding hydrogens is 244 g/mol.